The van der Waals surface area contributed by atoms with E-state index in [0.717, 1.165) is 34.3 Å². The van der Waals surface area contributed by atoms with Crippen molar-refractivity contribution in [1.82, 2.24) is 9.55 Å². The van der Waals surface area contributed by atoms with E-state index in [1.807, 2.05) is 41.1 Å². The summed E-state index contributed by atoms with van der Waals surface area (Å²) in [5.41, 5.74) is 1.21. The Morgan fingerprint density at radius 2 is 2.13 bits per heavy atom. The molecule has 2 heterocycles. The zero-order valence-electron chi connectivity index (χ0n) is 16.9. The second-order valence-electron chi connectivity index (χ2n) is 7.31. The summed E-state index contributed by atoms with van der Waals surface area (Å²) in [7, 11) is 1.68. The minimum atomic E-state index is -0.667. The largest absolute Gasteiger partial charge is 0.497 e. The third-order valence-electron chi connectivity index (χ3n) is 5.08. The van der Waals surface area contributed by atoms with Crippen LogP contribution in [-0.2, 0) is 22.4 Å². The molecule has 1 aliphatic rings. The number of ether oxygens (including phenoxy) is 3. The molecule has 0 amide bonds. The van der Waals surface area contributed by atoms with Crippen LogP contribution in [0.15, 0.2) is 72.1 Å². The average Bonchev–Trinajstić information content (AvgIpc) is 3.43. The highest BCUT2D eigenvalue weighted by Gasteiger charge is 2.41. The van der Waals surface area contributed by atoms with Gasteiger partial charge in [0.2, 0.25) is 0 Å². The molecule has 0 N–H and O–H groups in total. The van der Waals surface area contributed by atoms with Gasteiger partial charge < -0.3 is 18.8 Å². The molecule has 1 aromatic heterocycles. The number of imidazole rings is 1. The Morgan fingerprint density at radius 3 is 2.90 bits per heavy atom. The fraction of sp³-hybridized carbons (Fsp3) is 0.348. The van der Waals surface area contributed by atoms with Crippen LogP contribution in [0.25, 0.3) is 0 Å². The van der Waals surface area contributed by atoms with Crippen LogP contribution in [0.3, 0.4) is 0 Å². The van der Waals surface area contributed by atoms with Gasteiger partial charge in [-0.3, -0.25) is 0 Å². The predicted molar refractivity (Wildman–Crippen MR) is 119 cm³/mol. The molecule has 158 valence electrons. The quantitative estimate of drug-likeness (QED) is 0.430. The Labute approximate surface area is 186 Å². The summed E-state index contributed by atoms with van der Waals surface area (Å²) in [4.78, 5) is 5.31. The maximum absolute atomic E-state index is 6.50. The van der Waals surface area contributed by atoms with Crippen molar-refractivity contribution in [3.63, 3.8) is 0 Å². The smallest absolute Gasteiger partial charge is 0.187 e. The van der Waals surface area contributed by atoms with E-state index in [9.17, 15) is 0 Å². The van der Waals surface area contributed by atoms with Gasteiger partial charge in [0, 0.05) is 34.5 Å². The number of hydrogen-bond donors (Lipinski definition) is 0. The predicted octanol–water partition coefficient (Wildman–Crippen LogP) is 5.08. The van der Waals surface area contributed by atoms with Crippen molar-refractivity contribution in [2.45, 2.75) is 36.2 Å². The minimum absolute atomic E-state index is 0.0231. The highest BCUT2D eigenvalue weighted by atomic mass is 35.5. The lowest BCUT2D eigenvalue weighted by atomic mass is 10.0. The van der Waals surface area contributed by atoms with Crippen LogP contribution in [0.2, 0.25) is 5.02 Å². The molecule has 4 rings (SSSR count). The second kappa shape index (κ2) is 9.88. The summed E-state index contributed by atoms with van der Waals surface area (Å²) in [5, 5.41) is 0.745. The van der Waals surface area contributed by atoms with Crippen LogP contribution >= 0.6 is 23.4 Å². The van der Waals surface area contributed by atoms with Gasteiger partial charge in [-0.25, -0.2) is 4.98 Å². The first-order chi connectivity index (χ1) is 14.6. The van der Waals surface area contributed by atoms with Gasteiger partial charge in [-0.05, 0) is 42.3 Å². The average molecular weight is 445 g/mol. The van der Waals surface area contributed by atoms with E-state index in [1.165, 1.54) is 5.56 Å². The van der Waals surface area contributed by atoms with E-state index in [1.54, 1.807) is 31.4 Å². The van der Waals surface area contributed by atoms with E-state index in [-0.39, 0.29) is 6.10 Å². The van der Waals surface area contributed by atoms with Gasteiger partial charge in [-0.15, -0.1) is 11.8 Å². The van der Waals surface area contributed by atoms with Gasteiger partial charge in [-0.2, -0.15) is 0 Å². The summed E-state index contributed by atoms with van der Waals surface area (Å²) < 4.78 is 20.1. The first-order valence-corrected chi connectivity index (χ1v) is 11.3. The molecule has 2 atom stereocenters. The summed E-state index contributed by atoms with van der Waals surface area (Å²) in [6, 6.07) is 16.0. The molecule has 2 unspecified atom stereocenters. The standard InChI is InChI=1S/C23H25ClN2O3S/c1-27-20-3-2-4-22(13-20)30-15-21-14-28-23(29-21,16-26-12-11-25-17-26)10-9-18-5-7-19(24)8-6-18/h2-8,11-13,17,21H,9-10,14-16H2,1H3. The highest BCUT2D eigenvalue weighted by molar-refractivity contribution is 7.99. The Bertz CT molecular complexity index is 936. The maximum Gasteiger partial charge on any atom is 0.187 e. The summed E-state index contributed by atoms with van der Waals surface area (Å²) in [6.07, 6.45) is 7.15. The van der Waals surface area contributed by atoms with Crippen molar-refractivity contribution in [2.75, 3.05) is 19.5 Å². The molecule has 3 aromatic rings. The minimum Gasteiger partial charge on any atom is -0.497 e. The van der Waals surface area contributed by atoms with E-state index >= 15 is 0 Å². The highest BCUT2D eigenvalue weighted by Crippen LogP contribution is 2.34. The Morgan fingerprint density at radius 1 is 1.27 bits per heavy atom. The van der Waals surface area contributed by atoms with Crippen LogP contribution < -0.4 is 4.74 Å². The van der Waals surface area contributed by atoms with E-state index in [4.69, 9.17) is 25.8 Å². The van der Waals surface area contributed by atoms with Gasteiger partial charge in [0.15, 0.2) is 5.79 Å². The number of benzene rings is 2. The number of thioether (sulfide) groups is 1. The lowest BCUT2D eigenvalue weighted by Gasteiger charge is -2.28. The number of hydrogen-bond acceptors (Lipinski definition) is 5. The first-order valence-electron chi connectivity index (χ1n) is 9.93. The Balaban J connectivity index is 1.40. The monoisotopic (exact) mass is 444 g/mol. The normalized spacial score (nSPS) is 21.1. The van der Waals surface area contributed by atoms with Crippen LogP contribution in [0.1, 0.15) is 12.0 Å². The molecular formula is C23H25ClN2O3S. The van der Waals surface area contributed by atoms with Crippen molar-refractivity contribution in [3.05, 3.63) is 77.8 Å². The summed E-state index contributed by atoms with van der Waals surface area (Å²) >= 11 is 7.77. The van der Waals surface area contributed by atoms with E-state index < -0.39 is 5.79 Å². The molecular weight excluding hydrogens is 420 g/mol. The fourth-order valence-electron chi connectivity index (χ4n) is 3.52. The lowest BCUT2D eigenvalue weighted by Crippen LogP contribution is -2.37. The molecule has 0 saturated carbocycles. The van der Waals surface area contributed by atoms with Crippen molar-refractivity contribution in [3.8, 4) is 5.75 Å². The zero-order chi connectivity index (χ0) is 20.8. The third kappa shape index (κ3) is 5.58. The van der Waals surface area contributed by atoms with Crippen molar-refractivity contribution in [1.29, 1.82) is 0 Å². The van der Waals surface area contributed by atoms with Gasteiger partial charge in [-0.1, -0.05) is 29.8 Å². The fourth-order valence-corrected chi connectivity index (χ4v) is 4.56. The van der Waals surface area contributed by atoms with Gasteiger partial charge in [0.25, 0.3) is 0 Å². The molecule has 0 radical (unpaired) electrons. The number of aromatic nitrogens is 2. The molecule has 0 spiro atoms. The number of nitrogens with zero attached hydrogens (tertiary/aromatic N) is 2. The van der Waals surface area contributed by atoms with Gasteiger partial charge >= 0.3 is 0 Å². The van der Waals surface area contributed by atoms with E-state index in [0.29, 0.717) is 13.2 Å². The SMILES string of the molecule is COc1cccc(SCC2COC(CCc3ccc(Cl)cc3)(Cn3ccnc3)O2)c1. The molecule has 1 saturated heterocycles. The van der Waals surface area contributed by atoms with Crippen molar-refractivity contribution >= 4 is 23.4 Å². The Hall–Kier alpha value is -1.99. The van der Waals surface area contributed by atoms with E-state index in [2.05, 4.69) is 23.2 Å². The number of rotatable bonds is 9. The second-order valence-corrected chi connectivity index (χ2v) is 8.84. The van der Waals surface area contributed by atoms with Crippen LogP contribution in [-0.4, -0.2) is 40.9 Å². The number of aryl methyl sites for hydroxylation is 1. The van der Waals surface area contributed by atoms with Crippen molar-refractivity contribution in [2.24, 2.45) is 0 Å². The lowest BCUT2D eigenvalue weighted by molar-refractivity contribution is -0.180. The van der Waals surface area contributed by atoms with Gasteiger partial charge in [0.05, 0.1) is 32.7 Å². The number of methoxy groups -OCH3 is 1. The molecule has 30 heavy (non-hydrogen) atoms. The number of halogens is 1. The zero-order valence-corrected chi connectivity index (χ0v) is 18.4. The molecule has 2 aromatic carbocycles. The van der Waals surface area contributed by atoms with Crippen LogP contribution in [0, 0.1) is 0 Å². The third-order valence-corrected chi connectivity index (χ3v) is 6.46. The molecule has 5 nitrogen and oxygen atoms in total. The molecule has 0 aliphatic carbocycles. The van der Waals surface area contributed by atoms with Crippen molar-refractivity contribution < 1.29 is 14.2 Å². The summed E-state index contributed by atoms with van der Waals surface area (Å²) in [5.74, 6) is 1.01. The van der Waals surface area contributed by atoms with Crippen LogP contribution in [0.5, 0.6) is 5.75 Å². The maximum atomic E-state index is 6.50. The molecule has 1 fully saturated rings. The van der Waals surface area contributed by atoms with Crippen LogP contribution in [0.4, 0.5) is 0 Å². The first kappa shape index (κ1) is 21.2. The molecule has 7 heteroatoms. The van der Waals surface area contributed by atoms with Gasteiger partial charge in [0.1, 0.15) is 5.75 Å². The molecule has 1 aliphatic heterocycles. The summed E-state index contributed by atoms with van der Waals surface area (Å²) in [6.45, 7) is 1.19. The Kier molecular flexibility index (Phi) is 7.00. The topological polar surface area (TPSA) is 45.5 Å². The molecule has 0 bridgehead atoms.